The van der Waals surface area contributed by atoms with Gasteiger partial charge in [0.25, 0.3) is 0 Å². The van der Waals surface area contributed by atoms with E-state index in [4.69, 9.17) is 14.2 Å². The lowest BCUT2D eigenvalue weighted by Crippen LogP contribution is -2.72. The summed E-state index contributed by atoms with van der Waals surface area (Å²) in [5.74, 6) is -1.77. The maximum absolute atomic E-state index is 13.2. The van der Waals surface area contributed by atoms with Crippen molar-refractivity contribution in [1.29, 1.82) is 0 Å². The number of carbonyl (C=O) groups excluding carboxylic acids is 3. The lowest BCUT2D eigenvalue weighted by molar-refractivity contribution is -0.257. The van der Waals surface area contributed by atoms with E-state index >= 15 is 0 Å². The maximum atomic E-state index is 13.2. The summed E-state index contributed by atoms with van der Waals surface area (Å²) in [5, 5.41) is 12.2. The summed E-state index contributed by atoms with van der Waals surface area (Å²) in [7, 11) is 0. The Balaban J connectivity index is 1.85. The Labute approximate surface area is 211 Å². The zero-order valence-electron chi connectivity index (χ0n) is 21.3. The van der Waals surface area contributed by atoms with Crippen LogP contribution in [0.4, 0.5) is 0 Å². The molecule has 1 saturated carbocycles. The van der Waals surface area contributed by atoms with Gasteiger partial charge in [-0.25, -0.2) is 9.59 Å². The van der Waals surface area contributed by atoms with Gasteiger partial charge in [-0.1, -0.05) is 37.6 Å². The Kier molecular flexibility index (Phi) is 6.68. The lowest BCUT2D eigenvalue weighted by Gasteiger charge is -2.64. The maximum Gasteiger partial charge on any atom is 0.340 e. The molecule has 192 valence electrons. The highest BCUT2D eigenvalue weighted by Crippen LogP contribution is 2.63. The number of cyclic esters (lactones) is 1. The van der Waals surface area contributed by atoms with E-state index in [1.807, 2.05) is 26.8 Å². The van der Waals surface area contributed by atoms with Crippen molar-refractivity contribution in [3.63, 3.8) is 0 Å². The lowest BCUT2D eigenvalue weighted by atomic mass is 9.44. The summed E-state index contributed by atoms with van der Waals surface area (Å²) < 4.78 is 16.9. The second kappa shape index (κ2) is 9.32. The zero-order valence-corrected chi connectivity index (χ0v) is 21.3. The summed E-state index contributed by atoms with van der Waals surface area (Å²) in [6.45, 7) is 9.00. The summed E-state index contributed by atoms with van der Waals surface area (Å²) >= 11 is 0. The molecule has 1 aliphatic heterocycles. The number of aromatic nitrogens is 1. The number of rotatable bonds is 5. The first-order chi connectivity index (χ1) is 16.9. The van der Waals surface area contributed by atoms with Crippen molar-refractivity contribution >= 4 is 17.9 Å². The molecule has 0 radical (unpaired) electrons. The van der Waals surface area contributed by atoms with E-state index in [0.717, 1.165) is 18.4 Å². The minimum atomic E-state index is -1.65. The Morgan fingerprint density at radius 1 is 1.22 bits per heavy atom. The molecule has 0 aromatic carbocycles. The Bertz CT molecular complexity index is 1150. The van der Waals surface area contributed by atoms with E-state index in [-0.39, 0.29) is 18.1 Å². The van der Waals surface area contributed by atoms with Crippen LogP contribution in [0.1, 0.15) is 57.8 Å². The standard InChI is InChI=1S/C28H33NO7/c1-17-8-6-10-21-26(3,12-11-19-14-22(31)34-16-19)28(5,33)24(23(27(17,21)4)35-18(2)30)36-25(32)20-9-7-13-29-15-20/h7-9,11-15,21,23-24,33H,6,10,16H2,1-5H3. The highest BCUT2D eigenvalue weighted by molar-refractivity contribution is 5.89. The van der Waals surface area contributed by atoms with Gasteiger partial charge in [0.15, 0.2) is 12.2 Å². The van der Waals surface area contributed by atoms with Gasteiger partial charge < -0.3 is 19.3 Å². The third-order valence-corrected chi connectivity index (χ3v) is 8.47. The second-order valence-electron chi connectivity index (χ2n) is 10.5. The highest BCUT2D eigenvalue weighted by atomic mass is 16.6. The van der Waals surface area contributed by atoms with Crippen LogP contribution in [0, 0.1) is 16.7 Å². The summed E-state index contributed by atoms with van der Waals surface area (Å²) in [6.07, 6.45) is 9.55. The van der Waals surface area contributed by atoms with Crippen LogP contribution in [0.25, 0.3) is 0 Å². The van der Waals surface area contributed by atoms with Crippen LogP contribution in [0.5, 0.6) is 0 Å². The Morgan fingerprint density at radius 3 is 2.58 bits per heavy atom. The molecule has 36 heavy (non-hydrogen) atoms. The smallest absolute Gasteiger partial charge is 0.340 e. The first-order valence-electron chi connectivity index (χ1n) is 12.2. The number of pyridine rings is 1. The van der Waals surface area contributed by atoms with Crippen LogP contribution < -0.4 is 0 Å². The van der Waals surface area contributed by atoms with Gasteiger partial charge in [-0.05, 0) is 50.3 Å². The largest absolute Gasteiger partial charge is 0.458 e. The number of fused-ring (bicyclic) bond motifs is 1. The zero-order chi connectivity index (χ0) is 26.3. The van der Waals surface area contributed by atoms with Crippen molar-refractivity contribution < 1.29 is 33.7 Å². The monoisotopic (exact) mass is 495 g/mol. The normalized spacial score (nSPS) is 35.9. The topological polar surface area (TPSA) is 112 Å². The molecule has 0 spiro atoms. The van der Waals surface area contributed by atoms with E-state index in [2.05, 4.69) is 11.1 Å². The minimum absolute atomic E-state index is 0.157. The molecule has 1 N–H and O–H groups in total. The number of hydrogen-bond donors (Lipinski definition) is 1. The molecule has 2 heterocycles. The molecule has 8 heteroatoms. The molecule has 1 aromatic heterocycles. The van der Waals surface area contributed by atoms with Crippen molar-refractivity contribution in [3.8, 4) is 0 Å². The van der Waals surface area contributed by atoms with Gasteiger partial charge in [-0.2, -0.15) is 0 Å². The summed E-state index contributed by atoms with van der Waals surface area (Å²) in [5.41, 5.74) is -1.40. The number of carbonyl (C=O) groups is 3. The number of aliphatic hydroxyl groups is 1. The van der Waals surface area contributed by atoms with E-state index in [9.17, 15) is 19.5 Å². The molecular formula is C28H33NO7. The average molecular weight is 496 g/mol. The Hall–Kier alpha value is -3.26. The molecule has 0 bridgehead atoms. The molecule has 6 atom stereocenters. The molecule has 3 aliphatic rings. The summed E-state index contributed by atoms with van der Waals surface area (Å²) in [4.78, 5) is 41.1. The molecule has 4 rings (SSSR count). The van der Waals surface area contributed by atoms with E-state index in [1.54, 1.807) is 31.3 Å². The van der Waals surface area contributed by atoms with E-state index in [0.29, 0.717) is 5.57 Å². The van der Waals surface area contributed by atoms with Gasteiger partial charge in [-0.15, -0.1) is 0 Å². The molecule has 8 nitrogen and oxygen atoms in total. The van der Waals surface area contributed by atoms with Crippen LogP contribution in [-0.4, -0.2) is 52.4 Å². The van der Waals surface area contributed by atoms with Crippen LogP contribution in [0.3, 0.4) is 0 Å². The fourth-order valence-corrected chi connectivity index (χ4v) is 6.13. The van der Waals surface area contributed by atoms with Crippen LogP contribution >= 0.6 is 0 Å². The molecular weight excluding hydrogens is 462 g/mol. The van der Waals surface area contributed by atoms with Crippen molar-refractivity contribution in [1.82, 2.24) is 4.98 Å². The molecule has 6 unspecified atom stereocenters. The van der Waals surface area contributed by atoms with Gasteiger partial charge in [-0.3, -0.25) is 9.78 Å². The minimum Gasteiger partial charge on any atom is -0.458 e. The first-order valence-corrected chi connectivity index (χ1v) is 12.2. The highest BCUT2D eigenvalue weighted by Gasteiger charge is 2.69. The van der Waals surface area contributed by atoms with Gasteiger partial charge in [0.1, 0.15) is 12.2 Å². The fourth-order valence-electron chi connectivity index (χ4n) is 6.13. The summed E-state index contributed by atoms with van der Waals surface area (Å²) in [6, 6.07) is 3.20. The third kappa shape index (κ3) is 4.17. The number of allylic oxidation sites excluding steroid dienone is 1. The predicted octanol–water partition coefficient (Wildman–Crippen LogP) is 3.71. The van der Waals surface area contributed by atoms with E-state index < -0.39 is 46.5 Å². The van der Waals surface area contributed by atoms with Crippen molar-refractivity contribution in [3.05, 3.63) is 65.5 Å². The van der Waals surface area contributed by atoms with Crippen LogP contribution in [0.2, 0.25) is 0 Å². The first kappa shape index (κ1) is 25.8. The number of hydrogen-bond acceptors (Lipinski definition) is 8. The predicted molar refractivity (Wildman–Crippen MR) is 130 cm³/mol. The van der Waals surface area contributed by atoms with Crippen molar-refractivity contribution in [2.75, 3.05) is 6.61 Å². The van der Waals surface area contributed by atoms with E-state index in [1.165, 1.54) is 19.2 Å². The van der Waals surface area contributed by atoms with Gasteiger partial charge in [0.05, 0.1) is 5.56 Å². The Morgan fingerprint density at radius 2 is 1.97 bits per heavy atom. The molecule has 1 aromatic rings. The number of ether oxygens (including phenoxy) is 3. The molecule has 0 amide bonds. The number of esters is 3. The van der Waals surface area contributed by atoms with Crippen molar-refractivity contribution in [2.45, 2.75) is 65.3 Å². The molecule has 0 saturated heterocycles. The SMILES string of the molecule is CC(=O)OC1C(OC(=O)c2cccnc2)C(C)(O)C(C)(C=CC2=CC(=O)OC2)C2CCC=C(C)C12C. The average Bonchev–Trinajstić information content (AvgIpc) is 3.25. The number of nitrogens with zero attached hydrogens (tertiary/aromatic N) is 1. The second-order valence-corrected chi connectivity index (χ2v) is 10.5. The van der Waals surface area contributed by atoms with Crippen molar-refractivity contribution in [2.24, 2.45) is 16.7 Å². The van der Waals surface area contributed by atoms with Crippen LogP contribution in [0.15, 0.2) is 60.0 Å². The van der Waals surface area contributed by atoms with Gasteiger partial charge >= 0.3 is 17.9 Å². The fraction of sp³-hybridized carbons (Fsp3) is 0.500. The van der Waals surface area contributed by atoms with Gasteiger partial charge in [0, 0.05) is 36.2 Å². The van der Waals surface area contributed by atoms with Gasteiger partial charge in [0.2, 0.25) is 0 Å². The van der Waals surface area contributed by atoms with Crippen LogP contribution in [-0.2, 0) is 23.8 Å². The quantitative estimate of drug-likeness (QED) is 0.374. The third-order valence-electron chi connectivity index (χ3n) is 8.47. The molecule has 1 fully saturated rings. The molecule has 2 aliphatic carbocycles.